The van der Waals surface area contributed by atoms with Crippen LogP contribution in [0.15, 0.2) is 35.4 Å². The summed E-state index contributed by atoms with van der Waals surface area (Å²) < 4.78 is 33.3. The summed E-state index contributed by atoms with van der Waals surface area (Å²) in [4.78, 5) is 15.2. The van der Waals surface area contributed by atoms with Gasteiger partial charge in [0.25, 0.3) is 5.91 Å². The van der Waals surface area contributed by atoms with Gasteiger partial charge in [-0.1, -0.05) is 0 Å². The molecule has 0 bridgehead atoms. The van der Waals surface area contributed by atoms with Gasteiger partial charge in [0.15, 0.2) is 0 Å². The summed E-state index contributed by atoms with van der Waals surface area (Å²) in [6, 6.07) is 6.36. The average Bonchev–Trinajstić information content (AvgIpc) is 3.15. The van der Waals surface area contributed by atoms with E-state index in [1.165, 1.54) is 26.2 Å². The number of rotatable bonds is 6. The number of carbonyl (C=O) groups excluding carboxylic acids is 1. The van der Waals surface area contributed by atoms with Crippen molar-refractivity contribution >= 4 is 27.4 Å². The van der Waals surface area contributed by atoms with Crippen molar-refractivity contribution in [2.24, 2.45) is 0 Å². The topological polar surface area (TPSA) is 96.8 Å². The van der Waals surface area contributed by atoms with Crippen LogP contribution in [-0.2, 0) is 21.3 Å². The van der Waals surface area contributed by atoms with E-state index < -0.39 is 10.0 Å². The van der Waals surface area contributed by atoms with Gasteiger partial charge in [-0.25, -0.2) is 17.4 Å². The van der Waals surface area contributed by atoms with Crippen molar-refractivity contribution in [1.29, 1.82) is 0 Å². The first kappa shape index (κ1) is 20.3. The Labute approximate surface area is 164 Å². The Hall–Kier alpha value is -2.43. The fraction of sp³-hybridized carbons (Fsp3) is 0.444. The molecular weight excluding hydrogens is 382 g/mol. The molecule has 0 spiro atoms. The Bertz CT molecular complexity index is 949. The Morgan fingerprint density at radius 2 is 1.96 bits per heavy atom. The number of morpholine rings is 1. The van der Waals surface area contributed by atoms with Gasteiger partial charge in [-0.3, -0.25) is 4.79 Å². The summed E-state index contributed by atoms with van der Waals surface area (Å²) in [5.74, 6) is 0.175. The molecule has 2 aromatic rings. The van der Waals surface area contributed by atoms with Gasteiger partial charge in [0, 0.05) is 45.5 Å². The lowest BCUT2D eigenvalue weighted by molar-refractivity contribution is 0.102. The van der Waals surface area contributed by atoms with E-state index in [0.29, 0.717) is 49.9 Å². The van der Waals surface area contributed by atoms with E-state index in [-0.39, 0.29) is 10.8 Å². The highest BCUT2D eigenvalue weighted by Gasteiger charge is 2.24. The summed E-state index contributed by atoms with van der Waals surface area (Å²) in [5, 5.41) is 6.99. The molecule has 1 aliphatic heterocycles. The molecule has 1 aromatic heterocycles. The van der Waals surface area contributed by atoms with Gasteiger partial charge in [-0.05, 0) is 25.1 Å². The molecule has 1 aromatic carbocycles. The highest BCUT2D eigenvalue weighted by atomic mass is 32.2. The molecule has 0 aliphatic carbocycles. The van der Waals surface area contributed by atoms with E-state index in [4.69, 9.17) is 4.74 Å². The Balaban J connectivity index is 2.02. The molecule has 3 rings (SSSR count). The molecule has 0 saturated carbocycles. The van der Waals surface area contributed by atoms with E-state index in [1.807, 2.05) is 11.8 Å². The maximum absolute atomic E-state index is 13.1. The van der Waals surface area contributed by atoms with Crippen LogP contribution in [-0.4, -0.2) is 68.8 Å². The summed E-state index contributed by atoms with van der Waals surface area (Å²) in [6.45, 7) is 4.91. The molecule has 1 saturated heterocycles. The van der Waals surface area contributed by atoms with E-state index in [9.17, 15) is 13.2 Å². The van der Waals surface area contributed by atoms with Crippen LogP contribution < -0.4 is 10.2 Å². The number of aryl methyl sites for hydroxylation is 1. The Morgan fingerprint density at radius 1 is 1.25 bits per heavy atom. The molecule has 0 unspecified atom stereocenters. The van der Waals surface area contributed by atoms with Crippen molar-refractivity contribution in [3.05, 3.63) is 36.0 Å². The minimum absolute atomic E-state index is 0.0728. The zero-order valence-electron chi connectivity index (χ0n) is 16.3. The van der Waals surface area contributed by atoms with E-state index >= 15 is 0 Å². The number of hydrogen-bond acceptors (Lipinski definition) is 6. The molecule has 9 nitrogen and oxygen atoms in total. The summed E-state index contributed by atoms with van der Waals surface area (Å²) in [6.07, 6.45) is 1.61. The predicted molar refractivity (Wildman–Crippen MR) is 106 cm³/mol. The standard InChI is InChI=1S/C18H25N5O4S/c1-4-23-17(7-8-19-23)20-18(24)15-13-14(28(25,26)21(2)3)5-6-16(15)22-9-11-27-12-10-22/h5-8,13H,4,9-12H2,1-3H3,(H,20,24). The second kappa shape index (κ2) is 8.29. The van der Waals surface area contributed by atoms with Crippen LogP contribution in [0, 0.1) is 0 Å². The first-order valence-electron chi connectivity index (χ1n) is 9.07. The van der Waals surface area contributed by atoms with E-state index in [2.05, 4.69) is 10.4 Å². The first-order valence-corrected chi connectivity index (χ1v) is 10.5. The van der Waals surface area contributed by atoms with Crippen molar-refractivity contribution in [2.75, 3.05) is 50.6 Å². The van der Waals surface area contributed by atoms with Gasteiger partial charge in [-0.15, -0.1) is 0 Å². The van der Waals surface area contributed by atoms with Gasteiger partial charge in [0.05, 0.1) is 29.9 Å². The third kappa shape index (κ3) is 4.03. The van der Waals surface area contributed by atoms with Crippen LogP contribution in [0.2, 0.25) is 0 Å². The quantitative estimate of drug-likeness (QED) is 0.774. The minimum atomic E-state index is -3.66. The smallest absolute Gasteiger partial charge is 0.258 e. The molecule has 0 atom stereocenters. The molecule has 1 N–H and O–H groups in total. The van der Waals surface area contributed by atoms with E-state index in [1.54, 1.807) is 23.0 Å². The first-order chi connectivity index (χ1) is 13.3. The number of nitrogens with one attached hydrogen (secondary N) is 1. The maximum atomic E-state index is 13.1. The Kier molecular flexibility index (Phi) is 6.01. The van der Waals surface area contributed by atoms with Crippen LogP contribution in [0.4, 0.5) is 11.5 Å². The molecule has 10 heteroatoms. The number of anilines is 2. The molecule has 1 fully saturated rings. The third-order valence-electron chi connectivity index (χ3n) is 4.60. The predicted octanol–water partition coefficient (Wildman–Crippen LogP) is 1.24. The van der Waals surface area contributed by atoms with Crippen LogP contribution in [0.3, 0.4) is 0 Å². The van der Waals surface area contributed by atoms with Crippen molar-refractivity contribution in [2.45, 2.75) is 18.4 Å². The van der Waals surface area contributed by atoms with Crippen LogP contribution >= 0.6 is 0 Å². The molecule has 1 amide bonds. The summed E-state index contributed by atoms with van der Waals surface area (Å²) >= 11 is 0. The number of ether oxygens (including phenoxy) is 1. The van der Waals surface area contributed by atoms with Crippen molar-refractivity contribution in [1.82, 2.24) is 14.1 Å². The van der Waals surface area contributed by atoms with Crippen LogP contribution in [0.25, 0.3) is 0 Å². The zero-order valence-corrected chi connectivity index (χ0v) is 17.1. The van der Waals surface area contributed by atoms with Crippen molar-refractivity contribution in [3.8, 4) is 0 Å². The Morgan fingerprint density at radius 3 is 2.61 bits per heavy atom. The fourth-order valence-electron chi connectivity index (χ4n) is 3.02. The zero-order chi connectivity index (χ0) is 20.3. The molecule has 2 heterocycles. The second-order valence-corrected chi connectivity index (χ2v) is 8.70. The number of aromatic nitrogens is 2. The normalized spacial score (nSPS) is 15.1. The maximum Gasteiger partial charge on any atom is 0.258 e. The van der Waals surface area contributed by atoms with Crippen molar-refractivity contribution < 1.29 is 17.9 Å². The lowest BCUT2D eigenvalue weighted by Crippen LogP contribution is -2.37. The van der Waals surface area contributed by atoms with Gasteiger partial charge in [-0.2, -0.15) is 5.10 Å². The van der Waals surface area contributed by atoms with Crippen LogP contribution in [0.1, 0.15) is 17.3 Å². The number of benzene rings is 1. The molecular formula is C18H25N5O4S. The number of sulfonamides is 1. The summed E-state index contributed by atoms with van der Waals surface area (Å²) in [5.41, 5.74) is 0.981. The van der Waals surface area contributed by atoms with Gasteiger partial charge in [0.1, 0.15) is 5.82 Å². The number of amides is 1. The lowest BCUT2D eigenvalue weighted by atomic mass is 10.1. The molecule has 0 radical (unpaired) electrons. The molecule has 152 valence electrons. The fourth-order valence-corrected chi connectivity index (χ4v) is 3.95. The molecule has 28 heavy (non-hydrogen) atoms. The number of carbonyl (C=O) groups is 1. The van der Waals surface area contributed by atoms with Gasteiger partial charge in [0.2, 0.25) is 10.0 Å². The van der Waals surface area contributed by atoms with Crippen LogP contribution in [0.5, 0.6) is 0 Å². The van der Waals surface area contributed by atoms with E-state index in [0.717, 1.165) is 4.31 Å². The highest BCUT2D eigenvalue weighted by molar-refractivity contribution is 7.89. The molecule has 1 aliphatic rings. The SMILES string of the molecule is CCn1nccc1NC(=O)c1cc(S(=O)(=O)N(C)C)ccc1N1CCOCC1. The third-order valence-corrected chi connectivity index (χ3v) is 6.41. The second-order valence-electron chi connectivity index (χ2n) is 6.55. The number of hydrogen-bond donors (Lipinski definition) is 1. The average molecular weight is 407 g/mol. The highest BCUT2D eigenvalue weighted by Crippen LogP contribution is 2.27. The minimum Gasteiger partial charge on any atom is -0.378 e. The summed E-state index contributed by atoms with van der Waals surface area (Å²) in [7, 11) is -0.737. The largest absolute Gasteiger partial charge is 0.378 e. The van der Waals surface area contributed by atoms with Gasteiger partial charge >= 0.3 is 0 Å². The number of nitrogens with zero attached hydrogens (tertiary/aromatic N) is 4. The van der Waals surface area contributed by atoms with Crippen molar-refractivity contribution in [3.63, 3.8) is 0 Å². The lowest BCUT2D eigenvalue weighted by Gasteiger charge is -2.30. The van der Waals surface area contributed by atoms with Gasteiger partial charge < -0.3 is 15.0 Å². The monoisotopic (exact) mass is 407 g/mol.